The number of hydrogen-bond acceptors (Lipinski definition) is 7. The second-order valence-corrected chi connectivity index (χ2v) is 10.1. The molecule has 0 radical (unpaired) electrons. The Morgan fingerprint density at radius 3 is 2.51 bits per heavy atom. The lowest BCUT2D eigenvalue weighted by atomic mass is 10.0. The van der Waals surface area contributed by atoms with E-state index in [1.54, 1.807) is 28.4 Å². The number of pyridine rings is 1. The Kier molecular flexibility index (Phi) is 7.70. The fourth-order valence-electron chi connectivity index (χ4n) is 4.84. The van der Waals surface area contributed by atoms with E-state index in [0.717, 1.165) is 18.2 Å². The number of halogens is 3. The predicted molar refractivity (Wildman–Crippen MR) is 155 cm³/mol. The van der Waals surface area contributed by atoms with Crippen LogP contribution >= 0.6 is 0 Å². The summed E-state index contributed by atoms with van der Waals surface area (Å²) in [6, 6.07) is 17.0. The van der Waals surface area contributed by atoms with E-state index in [0.29, 0.717) is 22.7 Å². The molecule has 1 N–H and O–H groups in total. The third-order valence-electron chi connectivity index (χ3n) is 7.22. The molecule has 6 aromatic rings. The zero-order chi connectivity index (χ0) is 31.7. The summed E-state index contributed by atoms with van der Waals surface area (Å²) in [6.07, 6.45) is 1.27. The lowest BCUT2D eigenvalue weighted by molar-refractivity contribution is 0.0697. The van der Waals surface area contributed by atoms with Crippen molar-refractivity contribution in [2.24, 2.45) is 7.05 Å². The van der Waals surface area contributed by atoms with Crippen LogP contribution in [0.25, 0.3) is 22.3 Å². The fraction of sp³-hybridized carbons (Fsp3) is 0.125. The maximum atomic E-state index is 15.5. The van der Waals surface area contributed by atoms with Gasteiger partial charge in [0, 0.05) is 30.7 Å². The second-order valence-electron chi connectivity index (χ2n) is 10.1. The summed E-state index contributed by atoms with van der Waals surface area (Å²) in [5.41, 5.74) is 1.42. The van der Waals surface area contributed by atoms with E-state index in [-0.39, 0.29) is 59.0 Å². The lowest BCUT2D eigenvalue weighted by Gasteiger charge is -2.12. The minimum Gasteiger partial charge on any atom is -0.478 e. The van der Waals surface area contributed by atoms with Gasteiger partial charge in [0.1, 0.15) is 42.0 Å². The molecule has 3 heterocycles. The summed E-state index contributed by atoms with van der Waals surface area (Å²) in [4.78, 5) is 24.7. The molecule has 0 atom stereocenters. The summed E-state index contributed by atoms with van der Waals surface area (Å²) in [6.45, 7) is -0.0241. The van der Waals surface area contributed by atoms with E-state index in [2.05, 4.69) is 20.1 Å². The van der Waals surface area contributed by atoms with Crippen molar-refractivity contribution in [3.05, 3.63) is 124 Å². The smallest absolute Gasteiger partial charge is 0.335 e. The van der Waals surface area contributed by atoms with Crippen molar-refractivity contribution in [3.8, 4) is 23.2 Å². The highest BCUT2D eigenvalue weighted by atomic mass is 19.1. The van der Waals surface area contributed by atoms with Crippen LogP contribution in [0.5, 0.6) is 5.88 Å². The highest BCUT2D eigenvalue weighted by Gasteiger charge is 2.20. The number of fused-ring (bicyclic) bond motifs is 1. The zero-order valence-corrected chi connectivity index (χ0v) is 23.6. The maximum Gasteiger partial charge on any atom is 0.335 e. The fourth-order valence-corrected chi connectivity index (χ4v) is 4.84. The summed E-state index contributed by atoms with van der Waals surface area (Å²) in [5, 5.41) is 22.5. The Labute approximate surface area is 253 Å². The molecule has 6 rings (SSSR count). The summed E-state index contributed by atoms with van der Waals surface area (Å²) in [7, 11) is 1.71. The number of carboxylic acid groups (broad SMARTS) is 1. The first-order valence-electron chi connectivity index (χ1n) is 13.5. The highest BCUT2D eigenvalue weighted by molar-refractivity contribution is 5.92. The number of benzene rings is 3. The van der Waals surface area contributed by atoms with Crippen LogP contribution in [0.2, 0.25) is 0 Å². The first-order valence-corrected chi connectivity index (χ1v) is 13.5. The first-order chi connectivity index (χ1) is 21.7. The molecule has 0 aliphatic carbocycles. The SMILES string of the molecule is Cn1ncnc1Cn1c(Cc2cc(F)c(-c3cccc(OCc4ccc(C#N)cc4F)n3)cc2F)nc2ccc(C(=O)O)cc21. The van der Waals surface area contributed by atoms with E-state index >= 15 is 8.78 Å². The van der Waals surface area contributed by atoms with Crippen molar-refractivity contribution in [1.29, 1.82) is 5.26 Å². The molecule has 224 valence electrons. The van der Waals surface area contributed by atoms with Crippen molar-refractivity contribution in [2.45, 2.75) is 19.6 Å². The molecule has 0 bridgehead atoms. The van der Waals surface area contributed by atoms with E-state index in [4.69, 9.17) is 10.00 Å². The van der Waals surface area contributed by atoms with Gasteiger partial charge in [0.25, 0.3) is 0 Å². The number of carbonyl (C=O) groups is 1. The number of rotatable bonds is 9. The molecule has 3 aromatic heterocycles. The van der Waals surface area contributed by atoms with Gasteiger partial charge in [0.15, 0.2) is 0 Å². The van der Waals surface area contributed by atoms with Crippen LogP contribution < -0.4 is 4.74 Å². The Morgan fingerprint density at radius 2 is 1.78 bits per heavy atom. The maximum absolute atomic E-state index is 15.5. The van der Waals surface area contributed by atoms with Gasteiger partial charge in [0.2, 0.25) is 5.88 Å². The molecule has 10 nitrogen and oxygen atoms in total. The summed E-state index contributed by atoms with van der Waals surface area (Å²) >= 11 is 0. The third kappa shape index (κ3) is 5.94. The Morgan fingerprint density at radius 1 is 0.956 bits per heavy atom. The summed E-state index contributed by atoms with van der Waals surface area (Å²) < 4.78 is 54.1. The molecular weight excluding hydrogens is 587 g/mol. The second kappa shape index (κ2) is 11.9. The topological polar surface area (TPSA) is 132 Å². The molecular formula is C32H22F3N7O3. The van der Waals surface area contributed by atoms with Crippen molar-refractivity contribution in [2.75, 3.05) is 0 Å². The van der Waals surface area contributed by atoms with Gasteiger partial charge in [-0.3, -0.25) is 4.68 Å². The average Bonchev–Trinajstić information content (AvgIpc) is 3.60. The molecule has 0 aliphatic rings. The molecule has 0 saturated heterocycles. The number of aromatic carboxylic acids is 1. The van der Waals surface area contributed by atoms with Crippen LogP contribution in [0.3, 0.4) is 0 Å². The van der Waals surface area contributed by atoms with Gasteiger partial charge in [-0.25, -0.2) is 32.9 Å². The monoisotopic (exact) mass is 609 g/mol. The summed E-state index contributed by atoms with van der Waals surface area (Å²) in [5.74, 6) is -2.18. The Balaban J connectivity index is 1.29. The Hall–Kier alpha value is -6.03. The number of ether oxygens (including phenoxy) is 1. The van der Waals surface area contributed by atoms with Gasteiger partial charge in [-0.05, 0) is 54.1 Å². The van der Waals surface area contributed by atoms with Crippen molar-refractivity contribution >= 4 is 17.0 Å². The van der Waals surface area contributed by atoms with Crippen LogP contribution in [0, 0.1) is 28.8 Å². The minimum atomic E-state index is -1.11. The van der Waals surface area contributed by atoms with Crippen molar-refractivity contribution < 1.29 is 27.8 Å². The molecule has 13 heteroatoms. The van der Waals surface area contributed by atoms with Crippen LogP contribution in [0.4, 0.5) is 13.2 Å². The molecule has 0 saturated carbocycles. The molecule has 0 fully saturated rings. The van der Waals surface area contributed by atoms with E-state index in [9.17, 15) is 14.3 Å². The largest absolute Gasteiger partial charge is 0.478 e. The van der Waals surface area contributed by atoms with Gasteiger partial charge < -0.3 is 14.4 Å². The molecule has 0 amide bonds. The average molecular weight is 610 g/mol. The van der Waals surface area contributed by atoms with Gasteiger partial charge in [-0.15, -0.1) is 0 Å². The van der Waals surface area contributed by atoms with Crippen molar-refractivity contribution in [3.63, 3.8) is 0 Å². The molecule has 3 aromatic carbocycles. The first kappa shape index (κ1) is 29.1. The zero-order valence-electron chi connectivity index (χ0n) is 23.6. The molecule has 0 aliphatic heterocycles. The highest BCUT2D eigenvalue weighted by Crippen LogP contribution is 2.28. The molecule has 0 unspecified atom stereocenters. The van der Waals surface area contributed by atoms with Crippen LogP contribution in [-0.4, -0.2) is 40.4 Å². The number of hydrogen-bond donors (Lipinski definition) is 1. The van der Waals surface area contributed by atoms with Gasteiger partial charge in [-0.1, -0.05) is 12.1 Å². The van der Waals surface area contributed by atoms with E-state index in [1.165, 1.54) is 42.7 Å². The predicted octanol–water partition coefficient (Wildman–Crippen LogP) is 5.43. The Bertz CT molecular complexity index is 2140. The number of nitriles is 1. The quantitative estimate of drug-likeness (QED) is 0.230. The van der Waals surface area contributed by atoms with Crippen LogP contribution in [0.1, 0.15) is 38.7 Å². The molecule has 0 spiro atoms. The number of aryl methyl sites for hydroxylation is 1. The van der Waals surface area contributed by atoms with Crippen molar-refractivity contribution in [1.82, 2.24) is 29.3 Å². The lowest BCUT2D eigenvalue weighted by Crippen LogP contribution is -2.11. The molecule has 45 heavy (non-hydrogen) atoms. The van der Waals surface area contributed by atoms with E-state index < -0.39 is 23.4 Å². The standard InChI is InChI=1S/C32H22F3N7O3/c1-41-30(37-17-38-41)15-42-28-11-19(32(43)44)7-8-27(28)39-29(42)12-21-10-25(35)22(13-24(21)34)26-3-2-4-31(40-26)45-16-20-6-5-18(14-36)9-23(20)33/h2-11,13,17H,12,15-16H2,1H3,(H,43,44). The van der Waals surface area contributed by atoms with E-state index in [1.807, 2.05) is 6.07 Å². The van der Waals surface area contributed by atoms with Gasteiger partial charge >= 0.3 is 5.97 Å². The normalized spacial score (nSPS) is 11.1. The number of aromatic nitrogens is 6. The van der Waals surface area contributed by atoms with Crippen LogP contribution in [0.15, 0.2) is 73.1 Å². The van der Waals surface area contributed by atoms with Gasteiger partial charge in [0.05, 0.1) is 40.5 Å². The number of nitrogens with zero attached hydrogens (tertiary/aromatic N) is 7. The van der Waals surface area contributed by atoms with Gasteiger partial charge in [-0.2, -0.15) is 10.4 Å². The van der Waals surface area contributed by atoms with Crippen LogP contribution in [-0.2, 0) is 26.6 Å². The number of carboxylic acids is 1. The minimum absolute atomic E-state index is 0.0212. The number of imidazole rings is 1. The third-order valence-corrected chi connectivity index (χ3v) is 7.22.